The molecule has 4 rings (SSSR count). The standard InChI is InChI=1S/C22H19FN4O2/c1-13-20-16(22(28)25-17-10-9-15(23)11-19(17)29-3)12-18(14-7-5-4-6-8-14)24-21(20)27(2)26-13/h4-12H,1-3H3,(H,25,28). The lowest BCUT2D eigenvalue weighted by molar-refractivity contribution is 0.102. The van der Waals surface area contributed by atoms with E-state index in [1.54, 1.807) is 17.8 Å². The van der Waals surface area contributed by atoms with E-state index in [9.17, 15) is 9.18 Å². The number of hydrogen-bond donors (Lipinski definition) is 1. The first kappa shape index (κ1) is 18.6. The summed E-state index contributed by atoms with van der Waals surface area (Å²) in [6.07, 6.45) is 0. The van der Waals surface area contributed by atoms with Gasteiger partial charge in [-0.2, -0.15) is 5.10 Å². The monoisotopic (exact) mass is 390 g/mol. The SMILES string of the molecule is COc1cc(F)ccc1NC(=O)c1cc(-c2ccccc2)nc2c1c(C)nn2C. The number of carbonyl (C=O) groups excluding carboxylic acids is 1. The van der Waals surface area contributed by atoms with Crippen LogP contribution in [0.4, 0.5) is 10.1 Å². The Bertz CT molecular complexity index is 1220. The van der Waals surface area contributed by atoms with Crippen LogP contribution in [0.1, 0.15) is 16.1 Å². The third-order valence-electron chi connectivity index (χ3n) is 4.69. The summed E-state index contributed by atoms with van der Waals surface area (Å²) in [5, 5.41) is 7.91. The normalized spacial score (nSPS) is 10.9. The zero-order chi connectivity index (χ0) is 20.5. The summed E-state index contributed by atoms with van der Waals surface area (Å²) in [5.41, 5.74) is 3.68. The van der Waals surface area contributed by atoms with Gasteiger partial charge in [-0.25, -0.2) is 9.37 Å². The van der Waals surface area contributed by atoms with E-state index in [0.29, 0.717) is 33.7 Å². The molecule has 6 nitrogen and oxygen atoms in total. The van der Waals surface area contributed by atoms with Crippen molar-refractivity contribution in [1.82, 2.24) is 14.8 Å². The average molecular weight is 390 g/mol. The fourth-order valence-corrected chi connectivity index (χ4v) is 3.34. The molecule has 0 bridgehead atoms. The minimum Gasteiger partial charge on any atom is -0.494 e. The number of aromatic nitrogens is 3. The van der Waals surface area contributed by atoms with Crippen molar-refractivity contribution in [1.29, 1.82) is 0 Å². The van der Waals surface area contributed by atoms with Gasteiger partial charge in [0.15, 0.2) is 5.65 Å². The minimum absolute atomic E-state index is 0.245. The third kappa shape index (κ3) is 3.42. The molecule has 0 saturated heterocycles. The average Bonchev–Trinajstić information content (AvgIpc) is 3.03. The molecule has 0 spiro atoms. The van der Waals surface area contributed by atoms with E-state index in [0.717, 1.165) is 5.56 Å². The molecule has 0 fully saturated rings. The highest BCUT2D eigenvalue weighted by Crippen LogP contribution is 2.29. The summed E-state index contributed by atoms with van der Waals surface area (Å²) in [5.74, 6) is -0.550. The van der Waals surface area contributed by atoms with Crippen molar-refractivity contribution < 1.29 is 13.9 Å². The molecule has 2 aromatic carbocycles. The number of benzene rings is 2. The molecule has 0 aliphatic carbocycles. The van der Waals surface area contributed by atoms with Crippen molar-refractivity contribution in [2.75, 3.05) is 12.4 Å². The van der Waals surface area contributed by atoms with Gasteiger partial charge < -0.3 is 10.1 Å². The second kappa shape index (κ2) is 7.35. The van der Waals surface area contributed by atoms with Gasteiger partial charge in [0.2, 0.25) is 0 Å². The number of nitrogens with one attached hydrogen (secondary N) is 1. The Hall–Kier alpha value is -3.74. The molecule has 1 amide bonds. The number of pyridine rings is 1. The summed E-state index contributed by atoms with van der Waals surface area (Å²) in [4.78, 5) is 17.9. The molecule has 0 unspecified atom stereocenters. The molecular formula is C22H19FN4O2. The zero-order valence-electron chi connectivity index (χ0n) is 16.2. The summed E-state index contributed by atoms with van der Waals surface area (Å²) in [7, 11) is 3.22. The molecule has 2 heterocycles. The molecule has 0 saturated carbocycles. The van der Waals surface area contributed by atoms with Crippen LogP contribution in [0.25, 0.3) is 22.3 Å². The molecule has 0 aliphatic heterocycles. The molecular weight excluding hydrogens is 371 g/mol. The lowest BCUT2D eigenvalue weighted by Crippen LogP contribution is -2.14. The second-order valence-electron chi connectivity index (χ2n) is 6.63. The molecule has 2 aromatic heterocycles. The predicted molar refractivity (Wildman–Crippen MR) is 110 cm³/mol. The van der Waals surface area contributed by atoms with Crippen LogP contribution in [0, 0.1) is 12.7 Å². The number of rotatable bonds is 4. The van der Waals surface area contributed by atoms with Crippen molar-refractivity contribution in [3.05, 3.63) is 71.7 Å². The summed E-state index contributed by atoms with van der Waals surface area (Å²) >= 11 is 0. The molecule has 4 aromatic rings. The highest BCUT2D eigenvalue weighted by molar-refractivity contribution is 6.13. The Kier molecular flexibility index (Phi) is 4.72. The maximum Gasteiger partial charge on any atom is 0.256 e. The van der Waals surface area contributed by atoms with E-state index in [1.165, 1.54) is 25.3 Å². The van der Waals surface area contributed by atoms with Gasteiger partial charge >= 0.3 is 0 Å². The van der Waals surface area contributed by atoms with Crippen LogP contribution in [0.2, 0.25) is 0 Å². The molecule has 0 aliphatic rings. The van der Waals surface area contributed by atoms with Gasteiger partial charge in [-0.15, -0.1) is 0 Å². The number of carbonyl (C=O) groups is 1. The van der Waals surface area contributed by atoms with E-state index < -0.39 is 5.82 Å². The van der Waals surface area contributed by atoms with Crippen molar-refractivity contribution in [3.8, 4) is 17.0 Å². The Balaban J connectivity index is 1.85. The van der Waals surface area contributed by atoms with Gasteiger partial charge in [0.1, 0.15) is 11.6 Å². The van der Waals surface area contributed by atoms with Crippen LogP contribution in [-0.4, -0.2) is 27.8 Å². The number of aryl methyl sites for hydroxylation is 2. The topological polar surface area (TPSA) is 69.0 Å². The van der Waals surface area contributed by atoms with Crippen LogP contribution in [0.5, 0.6) is 5.75 Å². The summed E-state index contributed by atoms with van der Waals surface area (Å²) < 4.78 is 20.3. The van der Waals surface area contributed by atoms with E-state index in [-0.39, 0.29) is 11.7 Å². The van der Waals surface area contributed by atoms with Gasteiger partial charge in [0, 0.05) is 18.7 Å². The second-order valence-corrected chi connectivity index (χ2v) is 6.63. The molecule has 0 atom stereocenters. The summed E-state index contributed by atoms with van der Waals surface area (Å²) in [6, 6.07) is 15.3. The van der Waals surface area contributed by atoms with Crippen LogP contribution < -0.4 is 10.1 Å². The Labute approximate surface area is 167 Å². The van der Waals surface area contributed by atoms with Crippen molar-refractivity contribution in [2.45, 2.75) is 6.92 Å². The molecule has 29 heavy (non-hydrogen) atoms. The molecule has 7 heteroatoms. The molecule has 0 radical (unpaired) electrons. The van der Waals surface area contributed by atoms with E-state index in [1.807, 2.05) is 37.3 Å². The van der Waals surface area contributed by atoms with Crippen LogP contribution >= 0.6 is 0 Å². The van der Waals surface area contributed by atoms with Gasteiger partial charge in [0.25, 0.3) is 5.91 Å². The van der Waals surface area contributed by atoms with E-state index in [2.05, 4.69) is 10.4 Å². The smallest absolute Gasteiger partial charge is 0.256 e. The number of anilines is 1. The Morgan fingerprint density at radius 3 is 2.62 bits per heavy atom. The van der Waals surface area contributed by atoms with E-state index >= 15 is 0 Å². The Morgan fingerprint density at radius 1 is 1.14 bits per heavy atom. The van der Waals surface area contributed by atoms with Crippen LogP contribution in [-0.2, 0) is 7.05 Å². The van der Waals surface area contributed by atoms with Crippen molar-refractivity contribution in [3.63, 3.8) is 0 Å². The maximum absolute atomic E-state index is 13.5. The fourth-order valence-electron chi connectivity index (χ4n) is 3.34. The highest BCUT2D eigenvalue weighted by Gasteiger charge is 2.20. The lowest BCUT2D eigenvalue weighted by Gasteiger charge is -2.12. The molecule has 146 valence electrons. The number of fused-ring (bicyclic) bond motifs is 1. The third-order valence-corrected chi connectivity index (χ3v) is 4.69. The van der Waals surface area contributed by atoms with Crippen LogP contribution in [0.3, 0.4) is 0 Å². The number of halogens is 1. The first-order chi connectivity index (χ1) is 14.0. The maximum atomic E-state index is 13.5. The number of ether oxygens (including phenoxy) is 1. The summed E-state index contributed by atoms with van der Waals surface area (Å²) in [6.45, 7) is 1.83. The highest BCUT2D eigenvalue weighted by atomic mass is 19.1. The number of hydrogen-bond acceptors (Lipinski definition) is 4. The minimum atomic E-state index is -0.444. The first-order valence-electron chi connectivity index (χ1n) is 9.02. The molecule has 1 N–H and O–H groups in total. The largest absolute Gasteiger partial charge is 0.494 e. The Morgan fingerprint density at radius 2 is 1.90 bits per heavy atom. The van der Waals surface area contributed by atoms with Crippen molar-refractivity contribution >= 4 is 22.6 Å². The van der Waals surface area contributed by atoms with Gasteiger partial charge in [-0.1, -0.05) is 30.3 Å². The number of amides is 1. The predicted octanol–water partition coefficient (Wildman–Crippen LogP) is 4.34. The number of methoxy groups -OCH3 is 1. The van der Waals surface area contributed by atoms with Crippen molar-refractivity contribution in [2.24, 2.45) is 7.05 Å². The zero-order valence-corrected chi connectivity index (χ0v) is 16.2. The quantitative estimate of drug-likeness (QED) is 0.563. The van der Waals surface area contributed by atoms with Gasteiger partial charge in [-0.05, 0) is 25.1 Å². The fraction of sp³-hybridized carbons (Fsp3) is 0.136. The van der Waals surface area contributed by atoms with E-state index in [4.69, 9.17) is 9.72 Å². The lowest BCUT2D eigenvalue weighted by atomic mass is 10.0. The number of nitrogens with zero attached hydrogens (tertiary/aromatic N) is 3. The first-order valence-corrected chi connectivity index (χ1v) is 9.02. The van der Waals surface area contributed by atoms with Gasteiger partial charge in [0.05, 0.1) is 35.1 Å². The van der Waals surface area contributed by atoms with Gasteiger partial charge in [-0.3, -0.25) is 9.48 Å². The van der Waals surface area contributed by atoms with Crippen LogP contribution in [0.15, 0.2) is 54.6 Å².